The van der Waals surface area contributed by atoms with E-state index in [2.05, 4.69) is 4.74 Å². The Kier molecular flexibility index (Phi) is 7.54. The third-order valence-corrected chi connectivity index (χ3v) is 0.918. The first-order valence-electron chi connectivity index (χ1n) is 4.83. The summed E-state index contributed by atoms with van der Waals surface area (Å²) in [6.45, 7) is 11.2. The number of nitrogens with one attached hydrogen (secondary N) is 1. The van der Waals surface area contributed by atoms with Crippen molar-refractivity contribution in [2.75, 3.05) is 0 Å². The quantitative estimate of drug-likeness (QED) is 0.309. The van der Waals surface area contributed by atoms with Gasteiger partial charge in [-0.05, 0) is 41.5 Å². The van der Waals surface area contributed by atoms with Gasteiger partial charge in [0.2, 0.25) is 0 Å². The number of rotatable bonds is 1. The standard InChI is InChI=1S/C5H12N2O2.C5H10O2/c1-5(2,3)9-4(8)7-6;1-5(2,3)7-4-6/h6H2,1-3H3,(H,7,8);4H,1-3H3. The first-order valence-corrected chi connectivity index (χ1v) is 4.83. The molecule has 96 valence electrons. The van der Waals surface area contributed by atoms with Crippen LogP contribution >= 0.6 is 0 Å². The van der Waals surface area contributed by atoms with Crippen LogP contribution in [0.15, 0.2) is 0 Å². The molecule has 0 atom stereocenters. The van der Waals surface area contributed by atoms with Crippen molar-refractivity contribution in [1.82, 2.24) is 5.43 Å². The van der Waals surface area contributed by atoms with Crippen LogP contribution in [0.5, 0.6) is 0 Å². The minimum absolute atomic E-state index is 0.318. The normalized spacial score (nSPS) is 10.7. The summed E-state index contributed by atoms with van der Waals surface area (Å²) in [6, 6.07) is 0. The van der Waals surface area contributed by atoms with Crippen molar-refractivity contribution in [2.45, 2.75) is 52.7 Å². The van der Waals surface area contributed by atoms with Crippen molar-refractivity contribution in [1.29, 1.82) is 0 Å². The highest BCUT2D eigenvalue weighted by atomic mass is 16.6. The summed E-state index contributed by atoms with van der Waals surface area (Å²) in [5.41, 5.74) is 1.07. The SMILES string of the molecule is CC(C)(C)OC(=O)NN.CC(C)(C)OC=O. The van der Waals surface area contributed by atoms with Gasteiger partial charge in [-0.1, -0.05) is 0 Å². The second kappa shape index (κ2) is 7.05. The van der Waals surface area contributed by atoms with Crippen molar-refractivity contribution in [3.63, 3.8) is 0 Å². The highest BCUT2D eigenvalue weighted by molar-refractivity contribution is 5.66. The van der Waals surface area contributed by atoms with Gasteiger partial charge in [0.15, 0.2) is 0 Å². The van der Waals surface area contributed by atoms with E-state index in [4.69, 9.17) is 10.6 Å². The van der Waals surface area contributed by atoms with E-state index in [1.54, 1.807) is 20.8 Å². The number of carbonyl (C=O) groups is 2. The lowest BCUT2D eigenvalue weighted by atomic mass is 10.2. The summed E-state index contributed by atoms with van der Waals surface area (Å²) >= 11 is 0. The molecule has 0 rings (SSSR count). The highest BCUT2D eigenvalue weighted by Crippen LogP contribution is 2.05. The summed E-state index contributed by atoms with van der Waals surface area (Å²) in [6.07, 6.45) is -0.609. The van der Waals surface area contributed by atoms with Gasteiger partial charge in [0.1, 0.15) is 11.2 Å². The van der Waals surface area contributed by atoms with Gasteiger partial charge in [0.25, 0.3) is 6.47 Å². The Bertz CT molecular complexity index is 216. The first kappa shape index (κ1) is 17.1. The maximum atomic E-state index is 10.4. The largest absolute Gasteiger partial charge is 0.462 e. The van der Waals surface area contributed by atoms with E-state index >= 15 is 0 Å². The molecule has 0 radical (unpaired) electrons. The van der Waals surface area contributed by atoms with Crippen LogP contribution in [0.2, 0.25) is 0 Å². The van der Waals surface area contributed by atoms with Crippen molar-refractivity contribution in [3.8, 4) is 0 Å². The minimum Gasteiger partial charge on any atom is -0.462 e. The molecule has 0 aliphatic heterocycles. The van der Waals surface area contributed by atoms with Gasteiger partial charge in [-0.3, -0.25) is 10.2 Å². The smallest absolute Gasteiger partial charge is 0.421 e. The Morgan fingerprint density at radius 3 is 1.62 bits per heavy atom. The number of hydrogen-bond donors (Lipinski definition) is 2. The van der Waals surface area contributed by atoms with Crippen molar-refractivity contribution in [3.05, 3.63) is 0 Å². The summed E-state index contributed by atoms with van der Waals surface area (Å²) in [7, 11) is 0. The molecule has 0 aliphatic carbocycles. The van der Waals surface area contributed by atoms with E-state index in [1.807, 2.05) is 26.2 Å². The molecule has 0 saturated heterocycles. The zero-order chi connectivity index (χ0) is 13.4. The second-order valence-corrected chi connectivity index (χ2v) is 4.97. The van der Waals surface area contributed by atoms with Gasteiger partial charge in [-0.25, -0.2) is 10.6 Å². The summed E-state index contributed by atoms with van der Waals surface area (Å²) in [5, 5.41) is 0. The van der Waals surface area contributed by atoms with Crippen LogP contribution in [0.25, 0.3) is 0 Å². The Labute approximate surface area is 96.4 Å². The summed E-state index contributed by atoms with van der Waals surface area (Å²) < 4.78 is 9.26. The van der Waals surface area contributed by atoms with Crippen molar-refractivity contribution < 1.29 is 19.1 Å². The average molecular weight is 234 g/mol. The molecule has 0 fully saturated rings. The second-order valence-electron chi connectivity index (χ2n) is 4.97. The van der Waals surface area contributed by atoms with Gasteiger partial charge >= 0.3 is 6.09 Å². The molecule has 6 heteroatoms. The first-order chi connectivity index (χ1) is 7.02. The zero-order valence-electron chi connectivity index (χ0n) is 10.8. The molecule has 3 N–H and O–H groups in total. The average Bonchev–Trinajstić information content (AvgIpc) is 1.99. The molecule has 0 unspecified atom stereocenters. The van der Waals surface area contributed by atoms with E-state index < -0.39 is 11.7 Å². The third-order valence-electron chi connectivity index (χ3n) is 0.918. The number of nitrogens with two attached hydrogens (primary N) is 1. The molecule has 1 amide bonds. The lowest BCUT2D eigenvalue weighted by molar-refractivity contribution is -0.138. The van der Waals surface area contributed by atoms with E-state index in [9.17, 15) is 9.59 Å². The molecule has 0 aromatic rings. The minimum atomic E-state index is -0.609. The van der Waals surface area contributed by atoms with Gasteiger partial charge in [0.05, 0.1) is 0 Å². The van der Waals surface area contributed by atoms with E-state index in [-0.39, 0.29) is 5.60 Å². The van der Waals surface area contributed by atoms with Gasteiger partial charge < -0.3 is 9.47 Å². The molecule has 6 nitrogen and oxygen atoms in total. The summed E-state index contributed by atoms with van der Waals surface area (Å²) in [4.78, 5) is 20.0. The molecule has 16 heavy (non-hydrogen) atoms. The molecule has 0 heterocycles. The number of amides is 1. The van der Waals surface area contributed by atoms with Crippen LogP contribution in [0.3, 0.4) is 0 Å². The molecule has 0 spiro atoms. The lowest BCUT2D eigenvalue weighted by Crippen LogP contribution is -2.36. The lowest BCUT2D eigenvalue weighted by Gasteiger charge is -2.18. The van der Waals surface area contributed by atoms with Crippen molar-refractivity contribution in [2.24, 2.45) is 5.84 Å². The number of carbonyl (C=O) groups excluding carboxylic acids is 2. The van der Waals surface area contributed by atoms with E-state index in [0.717, 1.165) is 0 Å². The molecular weight excluding hydrogens is 212 g/mol. The summed E-state index contributed by atoms with van der Waals surface area (Å²) in [5.74, 6) is 4.75. The molecule has 0 aromatic heterocycles. The van der Waals surface area contributed by atoms with Gasteiger partial charge in [-0.2, -0.15) is 0 Å². The van der Waals surface area contributed by atoms with Crippen LogP contribution in [0, 0.1) is 0 Å². The predicted octanol–water partition coefficient (Wildman–Crippen LogP) is 1.34. The number of hydrazine groups is 1. The highest BCUT2D eigenvalue weighted by Gasteiger charge is 2.14. The maximum Gasteiger partial charge on any atom is 0.421 e. The molecule has 0 aromatic carbocycles. The Hall–Kier alpha value is -1.30. The zero-order valence-corrected chi connectivity index (χ0v) is 10.8. The monoisotopic (exact) mass is 234 g/mol. The van der Waals surface area contributed by atoms with Crippen LogP contribution in [-0.4, -0.2) is 23.8 Å². The number of hydrogen-bond acceptors (Lipinski definition) is 5. The van der Waals surface area contributed by atoms with Crippen LogP contribution < -0.4 is 11.3 Å². The van der Waals surface area contributed by atoms with Crippen molar-refractivity contribution >= 4 is 12.6 Å². The molecular formula is C10H22N2O4. The fourth-order valence-electron chi connectivity index (χ4n) is 0.452. The number of ether oxygens (including phenoxy) is 2. The van der Waals surface area contributed by atoms with Crippen LogP contribution in [-0.2, 0) is 14.3 Å². The molecule has 0 aliphatic rings. The fraction of sp³-hybridized carbons (Fsp3) is 0.800. The van der Waals surface area contributed by atoms with E-state index in [1.165, 1.54) is 0 Å². The Balaban J connectivity index is 0. The van der Waals surface area contributed by atoms with Gasteiger partial charge in [-0.15, -0.1) is 0 Å². The van der Waals surface area contributed by atoms with E-state index in [0.29, 0.717) is 6.47 Å². The Morgan fingerprint density at radius 2 is 1.56 bits per heavy atom. The van der Waals surface area contributed by atoms with Crippen LogP contribution in [0.1, 0.15) is 41.5 Å². The predicted molar refractivity (Wildman–Crippen MR) is 60.5 cm³/mol. The third kappa shape index (κ3) is 18.5. The molecule has 0 saturated carbocycles. The van der Waals surface area contributed by atoms with Crippen LogP contribution in [0.4, 0.5) is 4.79 Å². The Morgan fingerprint density at radius 1 is 1.12 bits per heavy atom. The fourth-order valence-corrected chi connectivity index (χ4v) is 0.452. The maximum absolute atomic E-state index is 10.4. The van der Waals surface area contributed by atoms with Gasteiger partial charge in [0, 0.05) is 0 Å². The topological polar surface area (TPSA) is 90.7 Å². The molecule has 0 bridgehead atoms.